The molecule has 0 bridgehead atoms. The third kappa shape index (κ3) is 4.20. The number of carbonyl (C=O) groups excluding carboxylic acids is 1. The molecular weight excluding hydrogens is 424 g/mol. The Morgan fingerprint density at radius 1 is 1.27 bits per heavy atom. The van der Waals surface area contributed by atoms with E-state index in [1.165, 1.54) is 7.11 Å². The molecule has 5 rings (SSSR count). The number of hydrogen-bond acceptors (Lipinski definition) is 8. The van der Waals surface area contributed by atoms with E-state index in [0.717, 1.165) is 27.9 Å². The number of pyridine rings is 2. The number of methoxy groups -OCH3 is 1. The molecular formula is C24H24N4O5. The van der Waals surface area contributed by atoms with Gasteiger partial charge < -0.3 is 24.6 Å². The van der Waals surface area contributed by atoms with Crippen LogP contribution in [0.4, 0.5) is 0 Å². The van der Waals surface area contributed by atoms with Crippen molar-refractivity contribution in [1.82, 2.24) is 19.7 Å². The van der Waals surface area contributed by atoms with Crippen molar-refractivity contribution in [2.24, 2.45) is 0 Å². The highest BCUT2D eigenvalue weighted by Gasteiger charge is 2.31. The van der Waals surface area contributed by atoms with E-state index in [4.69, 9.17) is 24.3 Å². The molecule has 0 unspecified atom stereocenters. The van der Waals surface area contributed by atoms with Gasteiger partial charge >= 0.3 is 5.97 Å². The predicted octanol–water partition coefficient (Wildman–Crippen LogP) is 2.20. The zero-order valence-electron chi connectivity index (χ0n) is 18.1. The smallest absolute Gasteiger partial charge is 0.323 e. The second-order valence-electron chi connectivity index (χ2n) is 7.79. The van der Waals surface area contributed by atoms with Crippen LogP contribution in [0.25, 0.3) is 27.9 Å². The number of carbonyl (C=O) groups is 1. The van der Waals surface area contributed by atoms with Crippen LogP contribution in [0.15, 0.2) is 54.9 Å². The molecule has 1 aliphatic rings. The number of hydrogen-bond donors (Lipinski definition) is 2. The van der Waals surface area contributed by atoms with Crippen molar-refractivity contribution in [2.45, 2.75) is 18.6 Å². The van der Waals surface area contributed by atoms with E-state index >= 15 is 0 Å². The van der Waals surface area contributed by atoms with Crippen molar-refractivity contribution in [2.75, 3.05) is 26.9 Å². The number of aliphatic hydroxyl groups is 1. The number of ether oxygens (including phenoxy) is 3. The van der Waals surface area contributed by atoms with Crippen LogP contribution in [0, 0.1) is 0 Å². The highest BCUT2D eigenvalue weighted by Crippen LogP contribution is 2.30. The summed E-state index contributed by atoms with van der Waals surface area (Å²) in [5, 5.41) is 13.1. The highest BCUT2D eigenvalue weighted by atomic mass is 16.5. The van der Waals surface area contributed by atoms with E-state index in [1.807, 2.05) is 53.1 Å². The summed E-state index contributed by atoms with van der Waals surface area (Å²) in [5.41, 5.74) is 3.06. The standard InChI is InChI=1S/C24H24N4O5/c1-31-24(30)19-11-17(13-25-19)33-21-4-2-3-15-5-6-18(27-23(15)21)20-14-26-22-12-16(32-10-9-29)7-8-28(20)22/h2-8,12,14,17,19,25,29H,9-11,13H2,1H3/t17-,19-/m0/s1. The highest BCUT2D eigenvalue weighted by molar-refractivity contribution is 5.86. The molecule has 9 nitrogen and oxygen atoms in total. The summed E-state index contributed by atoms with van der Waals surface area (Å²) < 4.78 is 18.5. The van der Waals surface area contributed by atoms with Gasteiger partial charge in [-0.2, -0.15) is 0 Å². The fraction of sp³-hybridized carbons (Fsp3) is 0.292. The lowest BCUT2D eigenvalue weighted by molar-refractivity contribution is -0.142. The van der Waals surface area contributed by atoms with Gasteiger partial charge in [0.15, 0.2) is 0 Å². The molecule has 9 heteroatoms. The Balaban J connectivity index is 1.44. The van der Waals surface area contributed by atoms with Crippen LogP contribution in [0.3, 0.4) is 0 Å². The Labute approximate surface area is 189 Å². The minimum atomic E-state index is -0.358. The lowest BCUT2D eigenvalue weighted by Gasteiger charge is -2.15. The van der Waals surface area contributed by atoms with E-state index in [1.54, 1.807) is 6.20 Å². The fourth-order valence-corrected chi connectivity index (χ4v) is 4.06. The number of aromatic nitrogens is 3. The average Bonchev–Trinajstić information content (AvgIpc) is 3.49. The summed E-state index contributed by atoms with van der Waals surface area (Å²) in [5.74, 6) is 1.03. The minimum Gasteiger partial charge on any atom is -0.491 e. The normalized spacial score (nSPS) is 18.0. The first kappa shape index (κ1) is 21.2. The van der Waals surface area contributed by atoms with Crippen molar-refractivity contribution >= 4 is 22.5 Å². The van der Waals surface area contributed by atoms with Crippen molar-refractivity contribution < 1.29 is 24.1 Å². The Bertz CT molecular complexity index is 1300. The quantitative estimate of drug-likeness (QED) is 0.415. The van der Waals surface area contributed by atoms with E-state index < -0.39 is 0 Å². The predicted molar refractivity (Wildman–Crippen MR) is 121 cm³/mol. The molecule has 1 saturated heterocycles. The number of para-hydroxylation sites is 1. The second kappa shape index (κ2) is 9.05. The van der Waals surface area contributed by atoms with Gasteiger partial charge in [0.1, 0.15) is 41.4 Å². The number of benzene rings is 1. The van der Waals surface area contributed by atoms with Gasteiger partial charge in [-0.15, -0.1) is 0 Å². The number of nitrogens with one attached hydrogen (secondary N) is 1. The summed E-state index contributed by atoms with van der Waals surface area (Å²) >= 11 is 0. The zero-order chi connectivity index (χ0) is 22.8. The fourth-order valence-electron chi connectivity index (χ4n) is 4.06. The number of aliphatic hydroxyl groups excluding tert-OH is 1. The molecule has 170 valence electrons. The van der Waals surface area contributed by atoms with Gasteiger partial charge in [0.05, 0.1) is 31.3 Å². The summed E-state index contributed by atoms with van der Waals surface area (Å²) in [7, 11) is 1.39. The first-order valence-corrected chi connectivity index (χ1v) is 10.7. The average molecular weight is 448 g/mol. The zero-order valence-corrected chi connectivity index (χ0v) is 18.1. The molecule has 2 atom stereocenters. The minimum absolute atomic E-state index is 0.0451. The van der Waals surface area contributed by atoms with E-state index in [9.17, 15) is 4.79 Å². The SMILES string of the molecule is COC(=O)[C@@H]1C[C@H](Oc2cccc3ccc(-c4cnc5cc(OCCO)ccn45)nc23)CN1. The Morgan fingerprint density at radius 3 is 3.03 bits per heavy atom. The molecule has 0 saturated carbocycles. The summed E-state index contributed by atoms with van der Waals surface area (Å²) in [4.78, 5) is 21.2. The molecule has 4 aromatic rings. The lowest BCUT2D eigenvalue weighted by Crippen LogP contribution is -2.31. The van der Waals surface area contributed by atoms with Crippen LogP contribution in [-0.2, 0) is 9.53 Å². The van der Waals surface area contributed by atoms with Gasteiger partial charge in [0.2, 0.25) is 0 Å². The first-order chi connectivity index (χ1) is 16.2. The van der Waals surface area contributed by atoms with Crippen molar-refractivity contribution in [3.63, 3.8) is 0 Å². The molecule has 0 spiro atoms. The van der Waals surface area contributed by atoms with E-state index in [0.29, 0.717) is 24.5 Å². The molecule has 0 amide bonds. The number of fused-ring (bicyclic) bond motifs is 2. The van der Waals surface area contributed by atoms with Crippen molar-refractivity contribution in [3.05, 3.63) is 54.9 Å². The molecule has 0 radical (unpaired) electrons. The summed E-state index contributed by atoms with van der Waals surface area (Å²) in [6.07, 6.45) is 4.02. The Morgan fingerprint density at radius 2 is 2.18 bits per heavy atom. The molecule has 2 N–H and O–H groups in total. The van der Waals surface area contributed by atoms with Gasteiger partial charge in [-0.05, 0) is 18.2 Å². The van der Waals surface area contributed by atoms with Gasteiger partial charge in [-0.25, -0.2) is 9.97 Å². The molecule has 0 aliphatic carbocycles. The maximum Gasteiger partial charge on any atom is 0.323 e. The van der Waals surface area contributed by atoms with Gasteiger partial charge in [0.25, 0.3) is 0 Å². The van der Waals surface area contributed by atoms with Crippen molar-refractivity contribution in [3.8, 4) is 22.9 Å². The Kier molecular flexibility index (Phi) is 5.80. The van der Waals surface area contributed by atoms with Crippen LogP contribution in [-0.4, -0.2) is 64.5 Å². The molecule has 1 aromatic carbocycles. The topological polar surface area (TPSA) is 107 Å². The van der Waals surface area contributed by atoms with E-state index in [2.05, 4.69) is 10.3 Å². The largest absolute Gasteiger partial charge is 0.491 e. The third-order valence-electron chi connectivity index (χ3n) is 5.66. The summed E-state index contributed by atoms with van der Waals surface area (Å²) in [6, 6.07) is 13.1. The van der Waals surface area contributed by atoms with Crippen LogP contribution < -0.4 is 14.8 Å². The number of imidazole rings is 1. The molecule has 33 heavy (non-hydrogen) atoms. The number of esters is 1. The van der Waals surface area contributed by atoms with Crippen LogP contribution in [0.2, 0.25) is 0 Å². The maximum absolute atomic E-state index is 11.8. The van der Waals surface area contributed by atoms with Gasteiger partial charge in [-0.3, -0.25) is 9.20 Å². The monoisotopic (exact) mass is 448 g/mol. The number of nitrogens with zero attached hydrogens (tertiary/aromatic N) is 3. The third-order valence-corrected chi connectivity index (χ3v) is 5.66. The Hall–Kier alpha value is -3.69. The van der Waals surface area contributed by atoms with Crippen LogP contribution >= 0.6 is 0 Å². The molecule has 1 aliphatic heterocycles. The maximum atomic E-state index is 11.8. The van der Waals surface area contributed by atoms with Crippen LogP contribution in [0.1, 0.15) is 6.42 Å². The van der Waals surface area contributed by atoms with Gasteiger partial charge in [0, 0.05) is 30.6 Å². The van der Waals surface area contributed by atoms with Crippen LogP contribution in [0.5, 0.6) is 11.5 Å². The number of rotatable bonds is 7. The van der Waals surface area contributed by atoms with Gasteiger partial charge in [-0.1, -0.05) is 18.2 Å². The molecule has 1 fully saturated rings. The van der Waals surface area contributed by atoms with Crippen molar-refractivity contribution in [1.29, 1.82) is 0 Å². The molecule has 4 heterocycles. The summed E-state index contributed by atoms with van der Waals surface area (Å²) in [6.45, 7) is 0.746. The second-order valence-corrected chi connectivity index (χ2v) is 7.79. The lowest BCUT2D eigenvalue weighted by atomic mass is 10.1. The van der Waals surface area contributed by atoms with E-state index in [-0.39, 0.29) is 31.3 Å². The first-order valence-electron chi connectivity index (χ1n) is 10.7. The molecule has 3 aromatic heterocycles.